The van der Waals surface area contributed by atoms with Gasteiger partial charge in [0.25, 0.3) is 0 Å². The van der Waals surface area contributed by atoms with Crippen LogP contribution in [0.25, 0.3) is 0 Å². The van der Waals surface area contributed by atoms with E-state index in [4.69, 9.17) is 16.3 Å². The fourth-order valence-corrected chi connectivity index (χ4v) is 4.60. The Labute approximate surface area is 208 Å². The Morgan fingerprint density at radius 2 is 1.97 bits per heavy atom. The molecular formula is C23H25ClFN5O4S. The number of anilines is 5. The highest BCUT2D eigenvalue weighted by atomic mass is 35.5. The number of hydrogen-bond donors (Lipinski definition) is 2. The minimum absolute atomic E-state index is 0.0489. The zero-order valence-corrected chi connectivity index (χ0v) is 20.8. The molecule has 0 radical (unpaired) electrons. The van der Waals surface area contributed by atoms with E-state index in [9.17, 15) is 17.9 Å². The number of rotatable bonds is 7. The molecule has 1 aromatic heterocycles. The molecule has 1 aliphatic heterocycles. The number of nitrogens with zero attached hydrogens (tertiary/aromatic N) is 4. The van der Waals surface area contributed by atoms with Crippen molar-refractivity contribution in [2.75, 3.05) is 54.7 Å². The van der Waals surface area contributed by atoms with Crippen LogP contribution in [0.5, 0.6) is 0 Å². The molecule has 3 aromatic rings. The quantitative estimate of drug-likeness (QED) is 0.482. The summed E-state index contributed by atoms with van der Waals surface area (Å²) in [5.41, 5.74) is 2.22. The average Bonchev–Trinajstić information content (AvgIpc) is 2.85. The van der Waals surface area contributed by atoms with Gasteiger partial charge in [0, 0.05) is 37.8 Å². The summed E-state index contributed by atoms with van der Waals surface area (Å²) in [4.78, 5) is 11.9. The summed E-state index contributed by atoms with van der Waals surface area (Å²) >= 11 is 6.30. The summed E-state index contributed by atoms with van der Waals surface area (Å²) in [6.45, 7) is 2.15. The van der Waals surface area contributed by atoms with E-state index < -0.39 is 15.7 Å². The highest BCUT2D eigenvalue weighted by molar-refractivity contribution is 7.90. The van der Waals surface area contributed by atoms with Crippen molar-refractivity contribution in [3.8, 4) is 0 Å². The van der Waals surface area contributed by atoms with Gasteiger partial charge in [-0.05, 0) is 35.9 Å². The van der Waals surface area contributed by atoms with Gasteiger partial charge >= 0.3 is 0 Å². The lowest BCUT2D eigenvalue weighted by Crippen LogP contribution is -2.36. The third-order valence-electron chi connectivity index (χ3n) is 5.55. The first-order valence-electron chi connectivity index (χ1n) is 10.8. The Bertz CT molecular complexity index is 1340. The molecule has 0 amide bonds. The fourth-order valence-electron chi connectivity index (χ4n) is 3.68. The van der Waals surface area contributed by atoms with Crippen molar-refractivity contribution in [1.29, 1.82) is 0 Å². The van der Waals surface area contributed by atoms with Crippen molar-refractivity contribution >= 4 is 50.3 Å². The third kappa shape index (κ3) is 5.81. The molecule has 186 valence electrons. The zero-order chi connectivity index (χ0) is 25.2. The minimum Gasteiger partial charge on any atom is -0.392 e. The van der Waals surface area contributed by atoms with Gasteiger partial charge in [0.1, 0.15) is 0 Å². The van der Waals surface area contributed by atoms with Crippen molar-refractivity contribution in [2.45, 2.75) is 11.5 Å². The molecule has 0 unspecified atom stereocenters. The van der Waals surface area contributed by atoms with Crippen LogP contribution in [-0.2, 0) is 21.2 Å². The first-order valence-corrected chi connectivity index (χ1v) is 13.0. The molecule has 12 heteroatoms. The van der Waals surface area contributed by atoms with Crippen LogP contribution in [0, 0.1) is 5.82 Å². The first kappa shape index (κ1) is 25.1. The van der Waals surface area contributed by atoms with Gasteiger partial charge in [-0.3, -0.25) is 0 Å². The maximum absolute atomic E-state index is 14.7. The molecule has 2 heterocycles. The predicted molar refractivity (Wildman–Crippen MR) is 133 cm³/mol. The zero-order valence-electron chi connectivity index (χ0n) is 19.2. The maximum atomic E-state index is 14.7. The summed E-state index contributed by atoms with van der Waals surface area (Å²) in [6, 6.07) is 9.81. The number of morpholine rings is 1. The normalized spacial score (nSPS) is 14.1. The second-order valence-electron chi connectivity index (χ2n) is 8.08. The molecule has 2 N–H and O–H groups in total. The second kappa shape index (κ2) is 10.3. The van der Waals surface area contributed by atoms with Crippen LogP contribution in [0.2, 0.25) is 5.02 Å². The molecule has 1 saturated heterocycles. The van der Waals surface area contributed by atoms with Gasteiger partial charge in [-0.15, -0.1) is 0 Å². The molecule has 2 aromatic carbocycles. The number of hydrogen-bond acceptors (Lipinski definition) is 9. The number of aromatic nitrogens is 2. The highest BCUT2D eigenvalue weighted by Crippen LogP contribution is 2.33. The maximum Gasteiger partial charge on any atom is 0.229 e. The van der Waals surface area contributed by atoms with E-state index in [2.05, 4.69) is 15.3 Å². The van der Waals surface area contributed by atoms with Gasteiger partial charge < -0.3 is 25.0 Å². The molecule has 35 heavy (non-hydrogen) atoms. The van der Waals surface area contributed by atoms with Gasteiger partial charge in [0.05, 0.1) is 41.6 Å². The standard InChI is InChI=1S/C23H25ClFN5O4S/c1-29(21-9-15(14-31)3-4-19(21)24)22-20(25)13-26-23(28-22)27-16-10-17(30-5-7-34-8-6-30)12-18(11-16)35(2,32)33/h3-4,9-13,31H,5-8,14H2,1-2H3,(H,26,27,28). The van der Waals surface area contributed by atoms with Crippen LogP contribution in [0.15, 0.2) is 47.5 Å². The summed E-state index contributed by atoms with van der Waals surface area (Å²) in [6.07, 6.45) is 2.16. The van der Waals surface area contributed by atoms with Crippen molar-refractivity contribution in [3.63, 3.8) is 0 Å². The molecule has 0 saturated carbocycles. The second-order valence-corrected chi connectivity index (χ2v) is 10.5. The van der Waals surface area contributed by atoms with Crippen molar-refractivity contribution in [3.05, 3.63) is 59.0 Å². The van der Waals surface area contributed by atoms with E-state index in [1.54, 1.807) is 37.4 Å². The van der Waals surface area contributed by atoms with E-state index in [0.717, 1.165) is 12.5 Å². The lowest BCUT2D eigenvalue weighted by Gasteiger charge is -2.29. The molecule has 0 spiro atoms. The van der Waals surface area contributed by atoms with Gasteiger partial charge in [-0.1, -0.05) is 17.7 Å². The monoisotopic (exact) mass is 521 g/mol. The van der Waals surface area contributed by atoms with E-state index in [1.807, 2.05) is 4.90 Å². The fraction of sp³-hybridized carbons (Fsp3) is 0.304. The van der Waals surface area contributed by atoms with Crippen LogP contribution in [0.1, 0.15) is 5.56 Å². The summed E-state index contributed by atoms with van der Waals surface area (Å²) in [5, 5.41) is 12.8. The van der Waals surface area contributed by atoms with Gasteiger partial charge in [0.2, 0.25) is 5.95 Å². The van der Waals surface area contributed by atoms with E-state index >= 15 is 0 Å². The third-order valence-corrected chi connectivity index (χ3v) is 6.96. The lowest BCUT2D eigenvalue weighted by molar-refractivity contribution is 0.122. The van der Waals surface area contributed by atoms with Gasteiger partial charge in [-0.25, -0.2) is 17.8 Å². The van der Waals surface area contributed by atoms with E-state index in [1.165, 1.54) is 11.0 Å². The molecular weight excluding hydrogens is 497 g/mol. The number of ether oxygens (including phenoxy) is 1. The molecule has 9 nitrogen and oxygen atoms in total. The molecule has 0 aliphatic carbocycles. The van der Waals surface area contributed by atoms with E-state index in [-0.39, 0.29) is 23.3 Å². The van der Waals surface area contributed by atoms with Crippen molar-refractivity contribution in [2.24, 2.45) is 0 Å². The Morgan fingerprint density at radius 1 is 1.23 bits per heavy atom. The number of nitrogens with one attached hydrogen (secondary N) is 1. The van der Waals surface area contributed by atoms with Crippen molar-refractivity contribution in [1.82, 2.24) is 9.97 Å². The first-order chi connectivity index (χ1) is 16.7. The van der Waals surface area contributed by atoms with Crippen LogP contribution < -0.4 is 15.1 Å². The number of aliphatic hydroxyl groups is 1. The van der Waals surface area contributed by atoms with E-state index in [0.29, 0.717) is 54.0 Å². The Hall–Kier alpha value is -2.99. The number of benzene rings is 2. The topological polar surface area (TPSA) is 108 Å². The molecule has 0 atom stereocenters. The van der Waals surface area contributed by atoms with Gasteiger partial charge in [0.15, 0.2) is 21.5 Å². The molecule has 4 rings (SSSR count). The van der Waals surface area contributed by atoms with Crippen molar-refractivity contribution < 1.29 is 22.7 Å². The highest BCUT2D eigenvalue weighted by Gasteiger charge is 2.19. The largest absolute Gasteiger partial charge is 0.392 e. The number of halogens is 2. The number of sulfone groups is 1. The number of aliphatic hydroxyl groups excluding tert-OH is 1. The van der Waals surface area contributed by atoms with Crippen LogP contribution in [-0.4, -0.2) is 63.1 Å². The van der Waals surface area contributed by atoms with Crippen LogP contribution >= 0.6 is 11.6 Å². The average molecular weight is 522 g/mol. The smallest absolute Gasteiger partial charge is 0.229 e. The van der Waals surface area contributed by atoms with Gasteiger partial charge in [-0.2, -0.15) is 4.98 Å². The summed E-state index contributed by atoms with van der Waals surface area (Å²) in [7, 11) is -1.90. The summed E-state index contributed by atoms with van der Waals surface area (Å²) in [5.74, 6) is -0.657. The lowest BCUT2D eigenvalue weighted by atomic mass is 10.2. The molecule has 1 fully saturated rings. The van der Waals surface area contributed by atoms with Crippen LogP contribution in [0.4, 0.5) is 33.2 Å². The Morgan fingerprint density at radius 3 is 2.66 bits per heavy atom. The SMILES string of the molecule is CN(c1cc(CO)ccc1Cl)c1nc(Nc2cc(N3CCOCC3)cc(S(C)(=O)=O)c2)ncc1F. The summed E-state index contributed by atoms with van der Waals surface area (Å²) < 4.78 is 44.7. The Balaban J connectivity index is 1.69. The molecule has 1 aliphatic rings. The Kier molecular flexibility index (Phi) is 7.41. The van der Waals surface area contributed by atoms with Crippen LogP contribution in [0.3, 0.4) is 0 Å². The minimum atomic E-state index is -3.50. The predicted octanol–water partition coefficient (Wildman–Crippen LogP) is 3.51. The molecule has 0 bridgehead atoms.